The number of thiophene rings is 1. The van der Waals surface area contributed by atoms with Crippen molar-refractivity contribution in [3.05, 3.63) is 70.4 Å². The molecule has 6 heteroatoms. The molecule has 1 unspecified atom stereocenters. The van der Waals surface area contributed by atoms with Crippen LogP contribution in [-0.2, 0) is 13.0 Å². The van der Waals surface area contributed by atoms with Gasteiger partial charge in [0, 0.05) is 11.1 Å². The first-order chi connectivity index (χ1) is 15.8. The van der Waals surface area contributed by atoms with Gasteiger partial charge in [-0.3, -0.25) is 0 Å². The molecule has 0 spiro atoms. The smallest absolute Gasteiger partial charge is 0.150 e. The molecule has 1 N–H and O–H groups in total. The molecule has 5 nitrogen and oxygen atoms in total. The topological polar surface area (TPSA) is 63.7 Å². The third-order valence-corrected chi connectivity index (χ3v) is 7.24. The Hall–Kier alpha value is -3.17. The van der Waals surface area contributed by atoms with E-state index >= 15 is 0 Å². The van der Waals surface area contributed by atoms with Gasteiger partial charge in [0.15, 0.2) is 0 Å². The van der Waals surface area contributed by atoms with Gasteiger partial charge in [0.2, 0.25) is 0 Å². The predicted octanol–water partition coefficient (Wildman–Crippen LogP) is 6.00. The Morgan fingerprint density at radius 1 is 1.16 bits per heavy atom. The van der Waals surface area contributed by atoms with Crippen molar-refractivity contribution in [2.45, 2.75) is 57.5 Å². The highest BCUT2D eigenvalue weighted by molar-refractivity contribution is 7.17. The largest absolute Gasteiger partial charge is 0.489 e. The first kappa shape index (κ1) is 20.7. The summed E-state index contributed by atoms with van der Waals surface area (Å²) in [5, 5.41) is 17.9. The molecule has 1 atom stereocenters. The molecule has 2 aromatic carbocycles. The van der Waals surface area contributed by atoms with Crippen molar-refractivity contribution >= 4 is 21.4 Å². The van der Waals surface area contributed by atoms with E-state index in [1.54, 1.807) is 5.56 Å². The highest BCUT2D eigenvalue weighted by Gasteiger charge is 2.20. The number of H-pyrrole nitrogens is 1. The third kappa shape index (κ3) is 4.53. The van der Waals surface area contributed by atoms with Gasteiger partial charge in [-0.05, 0) is 87.8 Å². The minimum absolute atomic E-state index is 0.0406. The number of benzene rings is 2. The van der Waals surface area contributed by atoms with Crippen molar-refractivity contribution in [3.63, 3.8) is 0 Å². The number of nitrogens with zero attached hydrogens (tertiary/aromatic N) is 3. The number of hydrogen-bond acceptors (Lipinski definition) is 5. The van der Waals surface area contributed by atoms with Gasteiger partial charge in [0.1, 0.15) is 18.2 Å². The molecule has 0 bridgehead atoms. The van der Waals surface area contributed by atoms with E-state index in [1.165, 1.54) is 41.3 Å². The molecule has 2 heterocycles. The van der Waals surface area contributed by atoms with Gasteiger partial charge in [-0.25, -0.2) is 5.10 Å². The van der Waals surface area contributed by atoms with Crippen LogP contribution in [0.25, 0.3) is 10.1 Å². The number of nitrogens with one attached hydrogen (secondary N) is 1. The van der Waals surface area contributed by atoms with E-state index in [2.05, 4.69) is 68.2 Å². The number of hydrogen-bond donors (Lipinski definition) is 1. The highest BCUT2D eigenvalue weighted by Crippen LogP contribution is 2.40. The zero-order chi connectivity index (χ0) is 21.8. The number of aromatic amines is 1. The van der Waals surface area contributed by atoms with Crippen LogP contribution in [-0.4, -0.2) is 20.6 Å². The van der Waals surface area contributed by atoms with Crippen LogP contribution >= 0.6 is 11.3 Å². The lowest BCUT2D eigenvalue weighted by Crippen LogP contribution is -2.03. The molecular weight excluding hydrogens is 416 g/mol. The average Bonchev–Trinajstić information content (AvgIpc) is 3.59. The Morgan fingerprint density at radius 3 is 2.75 bits per heavy atom. The summed E-state index contributed by atoms with van der Waals surface area (Å²) in [5.41, 5.74) is 3.88. The zero-order valence-electron chi connectivity index (χ0n) is 18.2. The van der Waals surface area contributed by atoms with Crippen molar-refractivity contribution in [1.29, 1.82) is 0 Å². The lowest BCUT2D eigenvalue weighted by Gasteiger charge is -2.12. The van der Waals surface area contributed by atoms with Crippen molar-refractivity contribution in [2.75, 3.05) is 0 Å². The van der Waals surface area contributed by atoms with Crippen molar-refractivity contribution < 1.29 is 4.74 Å². The first-order valence-corrected chi connectivity index (χ1v) is 12.1. The molecule has 4 aromatic rings. The van der Waals surface area contributed by atoms with Crippen LogP contribution in [0.15, 0.2) is 47.8 Å². The summed E-state index contributed by atoms with van der Waals surface area (Å²) in [5.74, 6) is 8.64. The number of ether oxygens (including phenoxy) is 1. The molecule has 1 fully saturated rings. The first-order valence-electron chi connectivity index (χ1n) is 11.2. The van der Waals surface area contributed by atoms with E-state index < -0.39 is 0 Å². The summed E-state index contributed by atoms with van der Waals surface area (Å²) in [4.78, 5) is 0. The molecule has 162 valence electrons. The number of rotatable bonds is 7. The Kier molecular flexibility index (Phi) is 6.17. The summed E-state index contributed by atoms with van der Waals surface area (Å²) < 4.78 is 7.49. The fourth-order valence-electron chi connectivity index (χ4n) is 4.59. The monoisotopic (exact) mass is 442 g/mol. The standard InChI is InChI=1S/C26H26N4OS/c1-2-5-21(15-26-27-29-30-28-26)19-9-11-22(12-10-19)31-16-18-8-13-25-23(14-18)24(17-32-25)20-6-3-4-7-20/h8-14,17,20-21H,3-4,6-7,15-16H2,1H3,(H,27,28,29,30). The fourth-order valence-corrected chi connectivity index (χ4v) is 5.61. The molecule has 2 aromatic heterocycles. The van der Waals surface area contributed by atoms with Gasteiger partial charge in [-0.1, -0.05) is 37.0 Å². The lowest BCUT2D eigenvalue weighted by atomic mass is 9.96. The van der Waals surface area contributed by atoms with Crippen LogP contribution in [0.4, 0.5) is 0 Å². The van der Waals surface area contributed by atoms with Gasteiger partial charge < -0.3 is 4.74 Å². The summed E-state index contributed by atoms with van der Waals surface area (Å²) in [6.45, 7) is 2.42. The van der Waals surface area contributed by atoms with Crippen LogP contribution in [0, 0.1) is 11.8 Å². The Bertz CT molecular complexity index is 1230. The minimum Gasteiger partial charge on any atom is -0.489 e. The lowest BCUT2D eigenvalue weighted by molar-refractivity contribution is 0.306. The highest BCUT2D eigenvalue weighted by atomic mass is 32.1. The maximum atomic E-state index is 6.11. The quantitative estimate of drug-likeness (QED) is 0.357. The maximum absolute atomic E-state index is 6.11. The van der Waals surface area contributed by atoms with Crippen LogP contribution in [0.5, 0.6) is 5.75 Å². The SMILES string of the molecule is CC#CC(Cc1nnn[nH]1)c1ccc(OCc2ccc3scc(C4CCCC4)c3c2)cc1. The number of fused-ring (bicyclic) bond motifs is 1. The van der Waals surface area contributed by atoms with Crippen molar-refractivity contribution in [2.24, 2.45) is 0 Å². The molecule has 0 aliphatic heterocycles. The Morgan fingerprint density at radius 2 is 2.00 bits per heavy atom. The molecule has 1 aliphatic rings. The van der Waals surface area contributed by atoms with E-state index in [0.717, 1.165) is 23.1 Å². The zero-order valence-corrected chi connectivity index (χ0v) is 19.0. The summed E-state index contributed by atoms with van der Waals surface area (Å²) in [6.07, 6.45) is 6.03. The number of tetrazole rings is 1. The van der Waals surface area contributed by atoms with Crippen LogP contribution in [0.2, 0.25) is 0 Å². The molecule has 0 radical (unpaired) electrons. The molecule has 0 saturated heterocycles. The Balaban J connectivity index is 1.27. The van der Waals surface area contributed by atoms with E-state index in [9.17, 15) is 0 Å². The van der Waals surface area contributed by atoms with Crippen molar-refractivity contribution in [1.82, 2.24) is 20.6 Å². The van der Waals surface area contributed by atoms with E-state index in [4.69, 9.17) is 4.74 Å². The van der Waals surface area contributed by atoms with E-state index in [1.807, 2.05) is 30.4 Å². The third-order valence-electron chi connectivity index (χ3n) is 6.26. The molecule has 1 saturated carbocycles. The summed E-state index contributed by atoms with van der Waals surface area (Å²) >= 11 is 1.87. The number of aromatic nitrogens is 4. The molecular formula is C26H26N4OS. The maximum Gasteiger partial charge on any atom is 0.150 e. The van der Waals surface area contributed by atoms with Gasteiger partial charge in [0.05, 0.1) is 5.92 Å². The fraction of sp³-hybridized carbons (Fsp3) is 0.346. The van der Waals surface area contributed by atoms with Crippen LogP contribution < -0.4 is 4.74 Å². The second-order valence-corrected chi connectivity index (χ2v) is 9.27. The average molecular weight is 443 g/mol. The van der Waals surface area contributed by atoms with Crippen LogP contribution in [0.3, 0.4) is 0 Å². The predicted molar refractivity (Wildman–Crippen MR) is 128 cm³/mol. The normalized spacial score (nSPS) is 14.9. The van der Waals surface area contributed by atoms with Gasteiger partial charge in [-0.15, -0.1) is 22.4 Å². The molecule has 5 rings (SSSR count). The van der Waals surface area contributed by atoms with E-state index in [-0.39, 0.29) is 5.92 Å². The minimum atomic E-state index is 0.0406. The second-order valence-electron chi connectivity index (χ2n) is 8.36. The molecule has 32 heavy (non-hydrogen) atoms. The molecule has 0 amide bonds. The molecule has 1 aliphatic carbocycles. The van der Waals surface area contributed by atoms with Crippen LogP contribution in [0.1, 0.15) is 67.0 Å². The summed E-state index contributed by atoms with van der Waals surface area (Å²) in [6, 6.07) is 14.9. The summed E-state index contributed by atoms with van der Waals surface area (Å²) in [7, 11) is 0. The van der Waals surface area contributed by atoms with E-state index in [0.29, 0.717) is 13.0 Å². The second kappa shape index (κ2) is 9.54. The van der Waals surface area contributed by atoms with Gasteiger partial charge in [0.25, 0.3) is 0 Å². The van der Waals surface area contributed by atoms with Gasteiger partial charge >= 0.3 is 0 Å². The Labute approximate surface area is 192 Å². The van der Waals surface area contributed by atoms with Crippen molar-refractivity contribution in [3.8, 4) is 17.6 Å². The van der Waals surface area contributed by atoms with Gasteiger partial charge in [-0.2, -0.15) is 0 Å².